The lowest BCUT2D eigenvalue weighted by Gasteiger charge is -2.29. The Hall–Kier alpha value is -2.43. The molecular weight excluding hydrogens is 395 g/mol. The second kappa shape index (κ2) is 12.2. The highest BCUT2D eigenvalue weighted by Crippen LogP contribution is 2.23. The van der Waals surface area contributed by atoms with Gasteiger partial charge in [0, 0.05) is 43.8 Å². The molecule has 2 fully saturated rings. The number of nitrogens with two attached hydrogens (primary N) is 1. The number of thiocarbonyl (C=S) groups is 1. The standard InChI is InChI=1S/C14H18FN5OS.C5H11NO/c15-12-5-11(19-7-10(16)6-17-9-22)1-2-13(12)20-4-3-18-14(21)8-20;1-6-2-4-7-5-3-6/h1-2,5,7,9,19H,3-4,6,8,16H2,(H,17,22)(H,18,21);2-5H2,1H3/b10-7-;. The van der Waals surface area contributed by atoms with Crippen LogP contribution in [0.4, 0.5) is 15.8 Å². The molecule has 0 spiro atoms. The topological polar surface area (TPSA) is 94.9 Å². The number of hydrogen-bond acceptors (Lipinski definition) is 7. The summed E-state index contributed by atoms with van der Waals surface area (Å²) in [5.41, 5.74) is 8.64. The SMILES string of the molecule is CN1CCOCC1.N/C(=C\Nc1ccc(N2CCNC(=O)C2)c(F)c1)CNC=S. The Labute approximate surface area is 176 Å². The molecule has 2 aliphatic heterocycles. The molecule has 2 saturated heterocycles. The van der Waals surface area contributed by atoms with Crippen LogP contribution >= 0.6 is 12.2 Å². The molecule has 0 aliphatic carbocycles. The molecule has 0 unspecified atom stereocenters. The first-order valence-corrected chi connectivity index (χ1v) is 9.92. The molecule has 2 aliphatic rings. The second-order valence-electron chi connectivity index (χ2n) is 6.72. The Kier molecular flexibility index (Phi) is 9.62. The van der Waals surface area contributed by atoms with Crippen molar-refractivity contribution < 1.29 is 13.9 Å². The average Bonchev–Trinajstić information content (AvgIpc) is 2.72. The van der Waals surface area contributed by atoms with Gasteiger partial charge in [-0.05, 0) is 25.2 Å². The number of hydrogen-bond donors (Lipinski definition) is 4. The van der Waals surface area contributed by atoms with Gasteiger partial charge in [0.05, 0.1) is 37.5 Å². The van der Waals surface area contributed by atoms with E-state index in [4.69, 9.17) is 10.5 Å². The number of amides is 1. The van der Waals surface area contributed by atoms with Gasteiger partial charge in [-0.1, -0.05) is 12.2 Å². The van der Waals surface area contributed by atoms with Gasteiger partial charge in [0.15, 0.2) is 0 Å². The van der Waals surface area contributed by atoms with Gasteiger partial charge < -0.3 is 36.2 Å². The third-order valence-electron chi connectivity index (χ3n) is 4.38. The van der Waals surface area contributed by atoms with Crippen molar-refractivity contribution in [2.75, 3.05) is 69.7 Å². The van der Waals surface area contributed by atoms with Crippen molar-refractivity contribution in [2.45, 2.75) is 0 Å². The molecule has 1 amide bonds. The molecule has 8 nitrogen and oxygen atoms in total. The van der Waals surface area contributed by atoms with Crippen molar-refractivity contribution in [3.63, 3.8) is 0 Å². The maximum Gasteiger partial charge on any atom is 0.239 e. The van der Waals surface area contributed by atoms with Crippen LogP contribution in [0.2, 0.25) is 0 Å². The number of ether oxygens (including phenoxy) is 1. The molecule has 0 atom stereocenters. The van der Waals surface area contributed by atoms with Crippen molar-refractivity contribution in [3.8, 4) is 0 Å². The molecule has 0 aromatic heterocycles. The smallest absolute Gasteiger partial charge is 0.239 e. The van der Waals surface area contributed by atoms with Crippen LogP contribution in [0.1, 0.15) is 0 Å². The Balaban J connectivity index is 0.000000360. The molecule has 1 aromatic carbocycles. The second-order valence-corrected chi connectivity index (χ2v) is 6.95. The number of morpholine rings is 1. The molecule has 5 N–H and O–H groups in total. The fraction of sp³-hybridized carbons (Fsp3) is 0.474. The minimum Gasteiger partial charge on any atom is -0.399 e. The van der Waals surface area contributed by atoms with Gasteiger partial charge in [0.1, 0.15) is 5.82 Å². The first-order chi connectivity index (χ1) is 14.0. The van der Waals surface area contributed by atoms with E-state index in [0.29, 0.717) is 36.7 Å². The summed E-state index contributed by atoms with van der Waals surface area (Å²) < 4.78 is 19.3. The van der Waals surface area contributed by atoms with E-state index in [0.717, 1.165) is 26.3 Å². The monoisotopic (exact) mass is 424 g/mol. The van der Waals surface area contributed by atoms with Gasteiger partial charge in [-0.25, -0.2) is 4.39 Å². The van der Waals surface area contributed by atoms with Crippen molar-refractivity contribution in [2.24, 2.45) is 5.73 Å². The van der Waals surface area contributed by atoms with Crippen LogP contribution in [0.25, 0.3) is 0 Å². The van der Waals surface area contributed by atoms with E-state index in [9.17, 15) is 9.18 Å². The third kappa shape index (κ3) is 8.22. The summed E-state index contributed by atoms with van der Waals surface area (Å²) in [6.45, 7) is 5.71. The number of anilines is 2. The molecule has 3 rings (SSSR count). The van der Waals surface area contributed by atoms with E-state index >= 15 is 0 Å². The van der Waals surface area contributed by atoms with Crippen LogP contribution in [0.5, 0.6) is 0 Å². The summed E-state index contributed by atoms with van der Waals surface area (Å²) in [5.74, 6) is -0.488. The van der Waals surface area contributed by atoms with Crippen LogP contribution in [0.15, 0.2) is 30.1 Å². The van der Waals surface area contributed by atoms with Gasteiger partial charge in [0.25, 0.3) is 0 Å². The quantitative estimate of drug-likeness (QED) is 0.490. The third-order valence-corrected chi connectivity index (χ3v) is 4.54. The highest BCUT2D eigenvalue weighted by atomic mass is 32.1. The van der Waals surface area contributed by atoms with E-state index in [1.54, 1.807) is 23.2 Å². The minimum atomic E-state index is -0.385. The van der Waals surface area contributed by atoms with E-state index in [1.165, 1.54) is 11.6 Å². The highest BCUT2D eigenvalue weighted by Gasteiger charge is 2.19. The van der Waals surface area contributed by atoms with E-state index in [2.05, 4.69) is 40.1 Å². The van der Waals surface area contributed by atoms with Gasteiger partial charge in [-0.2, -0.15) is 0 Å². The summed E-state index contributed by atoms with van der Waals surface area (Å²) in [4.78, 5) is 15.3. The maximum absolute atomic E-state index is 14.2. The number of nitrogens with one attached hydrogen (secondary N) is 3. The number of nitrogens with zero attached hydrogens (tertiary/aromatic N) is 2. The minimum absolute atomic E-state index is 0.102. The van der Waals surface area contributed by atoms with Crippen molar-refractivity contribution in [1.82, 2.24) is 15.5 Å². The fourth-order valence-electron chi connectivity index (χ4n) is 2.74. The molecule has 1 aromatic rings. The number of carbonyl (C=O) groups is 1. The zero-order chi connectivity index (χ0) is 21.1. The van der Waals surface area contributed by atoms with E-state index in [1.807, 2.05) is 0 Å². The molecule has 0 saturated carbocycles. The number of halogens is 1. The molecule has 0 radical (unpaired) electrons. The van der Waals surface area contributed by atoms with Crippen LogP contribution in [-0.2, 0) is 9.53 Å². The molecule has 10 heteroatoms. The zero-order valence-corrected chi connectivity index (χ0v) is 17.4. The van der Waals surface area contributed by atoms with E-state index < -0.39 is 0 Å². The van der Waals surface area contributed by atoms with Gasteiger partial charge in [-0.15, -0.1) is 0 Å². The lowest BCUT2D eigenvalue weighted by Crippen LogP contribution is -2.48. The summed E-state index contributed by atoms with van der Waals surface area (Å²) >= 11 is 4.63. The summed E-state index contributed by atoms with van der Waals surface area (Å²) in [6.07, 6.45) is 1.58. The van der Waals surface area contributed by atoms with Gasteiger partial charge in [0.2, 0.25) is 5.91 Å². The predicted molar refractivity (Wildman–Crippen MR) is 117 cm³/mol. The average molecular weight is 425 g/mol. The van der Waals surface area contributed by atoms with Gasteiger partial charge >= 0.3 is 0 Å². The summed E-state index contributed by atoms with van der Waals surface area (Å²) in [7, 11) is 2.11. The number of piperazine rings is 1. The van der Waals surface area contributed by atoms with E-state index in [-0.39, 0.29) is 18.3 Å². The van der Waals surface area contributed by atoms with Crippen LogP contribution in [0, 0.1) is 5.82 Å². The summed E-state index contributed by atoms with van der Waals surface area (Å²) in [6, 6.07) is 4.76. The summed E-state index contributed by atoms with van der Waals surface area (Å²) in [5, 5.41) is 8.42. The molecule has 2 heterocycles. The predicted octanol–water partition coefficient (Wildman–Crippen LogP) is 0.469. The van der Waals surface area contributed by atoms with Crippen molar-refractivity contribution in [3.05, 3.63) is 35.9 Å². The molecule has 160 valence electrons. The van der Waals surface area contributed by atoms with Crippen molar-refractivity contribution >= 4 is 35.0 Å². The first kappa shape index (κ1) is 22.9. The largest absolute Gasteiger partial charge is 0.399 e. The zero-order valence-electron chi connectivity index (χ0n) is 16.6. The molecule has 29 heavy (non-hydrogen) atoms. The first-order valence-electron chi connectivity index (χ1n) is 9.45. The Bertz CT molecular complexity index is 712. The number of carbonyl (C=O) groups excluding carboxylic acids is 1. The lowest BCUT2D eigenvalue weighted by molar-refractivity contribution is -0.120. The van der Waals surface area contributed by atoms with Crippen LogP contribution in [0.3, 0.4) is 0 Å². The fourth-order valence-corrected chi connectivity index (χ4v) is 2.82. The van der Waals surface area contributed by atoms with Crippen LogP contribution in [-0.4, -0.2) is 75.8 Å². The maximum atomic E-state index is 14.2. The Morgan fingerprint density at radius 3 is 2.72 bits per heavy atom. The van der Waals surface area contributed by atoms with Crippen LogP contribution < -0.4 is 26.6 Å². The molecular formula is C19H29FN6O2S. The Morgan fingerprint density at radius 2 is 2.14 bits per heavy atom. The number of likely N-dealkylation sites (N-methyl/N-ethyl adjacent to an activating group) is 1. The normalized spacial score (nSPS) is 17.7. The lowest BCUT2D eigenvalue weighted by atomic mass is 10.2. The highest BCUT2D eigenvalue weighted by molar-refractivity contribution is 7.78. The number of rotatable bonds is 6. The van der Waals surface area contributed by atoms with Gasteiger partial charge in [-0.3, -0.25) is 4.79 Å². The Morgan fingerprint density at radius 1 is 1.38 bits per heavy atom. The van der Waals surface area contributed by atoms with Crippen molar-refractivity contribution in [1.29, 1.82) is 0 Å². The number of benzene rings is 1. The molecule has 0 bridgehead atoms.